The van der Waals surface area contributed by atoms with Crippen LogP contribution < -0.4 is 15.9 Å². The van der Waals surface area contributed by atoms with Crippen LogP contribution in [0, 0.1) is 11.8 Å². The van der Waals surface area contributed by atoms with Crippen molar-refractivity contribution in [2.24, 2.45) is 11.8 Å². The Morgan fingerprint density at radius 3 is 2.16 bits per heavy atom. The zero-order chi connectivity index (χ0) is 33.0. The number of aliphatic hydroxyl groups is 2. The van der Waals surface area contributed by atoms with Crippen molar-refractivity contribution in [3.63, 3.8) is 0 Å². The van der Waals surface area contributed by atoms with Gasteiger partial charge < -0.3 is 34.7 Å². The Bertz CT molecular complexity index is 1320. The molecule has 0 saturated carbocycles. The molecule has 0 amide bonds. The van der Waals surface area contributed by atoms with E-state index in [1.54, 1.807) is 47.8 Å². The highest BCUT2D eigenvalue weighted by Crippen LogP contribution is 2.45. The third kappa shape index (κ3) is 7.88. The number of nitrogens with two attached hydrogens (primary N) is 1. The van der Waals surface area contributed by atoms with Crippen molar-refractivity contribution in [2.75, 3.05) is 31.8 Å². The molecule has 1 saturated heterocycles. The highest BCUT2D eigenvalue weighted by atomic mass is 32.2. The molecule has 0 radical (unpaired) electrons. The lowest BCUT2D eigenvalue weighted by molar-refractivity contribution is -0.146. The number of aromatic nitrogens is 4. The topological polar surface area (TPSA) is 222 Å². The van der Waals surface area contributed by atoms with Crippen molar-refractivity contribution in [3.05, 3.63) is 6.33 Å². The van der Waals surface area contributed by atoms with E-state index in [1.807, 2.05) is 0 Å². The number of hydrogen-bond acceptors (Lipinski definition) is 14. The molecule has 44 heavy (non-hydrogen) atoms. The van der Waals surface area contributed by atoms with Gasteiger partial charge in [0.2, 0.25) is 5.95 Å². The van der Waals surface area contributed by atoms with E-state index in [-0.39, 0.29) is 36.6 Å². The van der Waals surface area contributed by atoms with Gasteiger partial charge in [0.1, 0.15) is 40.4 Å². The maximum absolute atomic E-state index is 14.4. The first-order valence-electron chi connectivity index (χ1n) is 14.3. The molecule has 2 aromatic rings. The lowest BCUT2D eigenvalue weighted by Gasteiger charge is -2.31. The molecule has 0 aromatic carbocycles. The first-order valence-corrected chi connectivity index (χ1v) is 17.2. The number of anilines is 1. The molecule has 1 fully saturated rings. The van der Waals surface area contributed by atoms with E-state index in [0.29, 0.717) is 10.5 Å². The summed E-state index contributed by atoms with van der Waals surface area (Å²) in [7, 11) is -4.28. The van der Waals surface area contributed by atoms with E-state index < -0.39 is 62.3 Å². The molecule has 1 aliphatic rings. The molecular weight excluding hydrogens is 617 g/mol. The molecule has 6 N–H and O–H groups in total. The van der Waals surface area contributed by atoms with Gasteiger partial charge in [-0.15, -0.1) is 11.8 Å². The summed E-state index contributed by atoms with van der Waals surface area (Å²) in [4.78, 5) is 38.3. The van der Waals surface area contributed by atoms with Crippen LogP contribution in [0.1, 0.15) is 54.7 Å². The van der Waals surface area contributed by atoms with Crippen LogP contribution in [0.4, 0.5) is 5.95 Å². The number of fused-ring (bicyclic) bond motifs is 1. The van der Waals surface area contributed by atoms with Crippen molar-refractivity contribution in [3.8, 4) is 0 Å². The number of thioether (sulfide) groups is 1. The predicted octanol–water partition coefficient (Wildman–Crippen LogP) is 1.62. The highest BCUT2D eigenvalue weighted by molar-refractivity contribution is 7.98. The van der Waals surface area contributed by atoms with Gasteiger partial charge in [-0.05, 0) is 38.9 Å². The lowest BCUT2D eigenvalue weighted by atomic mass is 9.96. The van der Waals surface area contributed by atoms with Gasteiger partial charge in [-0.1, -0.05) is 27.7 Å². The number of ether oxygens (including phenoxy) is 3. The Morgan fingerprint density at radius 2 is 1.68 bits per heavy atom. The molecule has 248 valence electrons. The number of rotatable bonds is 15. The molecule has 3 unspecified atom stereocenters. The van der Waals surface area contributed by atoms with Gasteiger partial charge in [-0.25, -0.2) is 20.1 Å². The normalized spacial score (nSPS) is 23.8. The van der Waals surface area contributed by atoms with Gasteiger partial charge in [0, 0.05) is 0 Å². The van der Waals surface area contributed by atoms with Gasteiger partial charge in [-0.2, -0.15) is 4.98 Å². The average molecular weight is 662 g/mol. The maximum atomic E-state index is 14.4. The van der Waals surface area contributed by atoms with E-state index in [0.717, 1.165) is 0 Å². The van der Waals surface area contributed by atoms with E-state index in [4.69, 9.17) is 24.5 Å². The van der Waals surface area contributed by atoms with Crippen molar-refractivity contribution >= 4 is 48.5 Å². The number of carbonyl (C=O) groups is 2. The van der Waals surface area contributed by atoms with Crippen LogP contribution in [0.3, 0.4) is 0 Å². The molecule has 18 heteroatoms. The molecule has 16 nitrogen and oxygen atoms in total. The molecule has 3 rings (SSSR count). The van der Waals surface area contributed by atoms with Gasteiger partial charge >= 0.3 is 19.6 Å². The summed E-state index contributed by atoms with van der Waals surface area (Å²) in [5.41, 5.74) is 4.70. The van der Waals surface area contributed by atoms with Crippen LogP contribution in [0.25, 0.3) is 11.2 Å². The Kier molecular flexibility index (Phi) is 12.2. The third-order valence-electron chi connectivity index (χ3n) is 7.06. The first-order chi connectivity index (χ1) is 20.6. The Morgan fingerprint density at radius 1 is 1.14 bits per heavy atom. The molecule has 3 heterocycles. The minimum Gasteiger partial charge on any atom is -0.465 e. The smallest absolute Gasteiger partial charge is 0.342 e. The van der Waals surface area contributed by atoms with Crippen LogP contribution in [-0.2, 0) is 32.9 Å². The Balaban J connectivity index is 1.93. The number of nitrogens with one attached hydrogen (secondary N) is 2. The summed E-state index contributed by atoms with van der Waals surface area (Å²) in [5, 5.41) is 28.5. The summed E-state index contributed by atoms with van der Waals surface area (Å²) in [6.07, 6.45) is -0.761. The molecule has 0 spiro atoms. The Hall–Kier alpha value is -2.37. The number of nitrogens with zero attached hydrogens (tertiary/aromatic N) is 4. The summed E-state index contributed by atoms with van der Waals surface area (Å²) in [5.74, 6) is -2.11. The van der Waals surface area contributed by atoms with E-state index in [9.17, 15) is 24.4 Å². The van der Waals surface area contributed by atoms with Crippen molar-refractivity contribution in [1.82, 2.24) is 29.7 Å². The number of nitrogen functional groups attached to an aromatic ring is 1. The van der Waals surface area contributed by atoms with E-state index >= 15 is 0 Å². The van der Waals surface area contributed by atoms with Gasteiger partial charge in [0.15, 0.2) is 11.9 Å². The molecular formula is C26H44N7O9PS. The fraction of sp³-hybridized carbons (Fsp3) is 0.731. The zero-order valence-corrected chi connectivity index (χ0v) is 27.9. The van der Waals surface area contributed by atoms with E-state index in [2.05, 4.69) is 25.1 Å². The number of esters is 2. The van der Waals surface area contributed by atoms with Crippen molar-refractivity contribution in [2.45, 2.75) is 89.6 Å². The van der Waals surface area contributed by atoms with Crippen LogP contribution in [0.5, 0.6) is 0 Å². The van der Waals surface area contributed by atoms with Crippen molar-refractivity contribution in [1.29, 1.82) is 0 Å². The van der Waals surface area contributed by atoms with Gasteiger partial charge in [-0.3, -0.25) is 18.7 Å². The number of aliphatic hydroxyl groups excluding tert-OH is 1. The minimum absolute atomic E-state index is 0.0117. The van der Waals surface area contributed by atoms with Crippen LogP contribution in [-0.4, -0.2) is 97.6 Å². The summed E-state index contributed by atoms with van der Waals surface area (Å²) in [6.45, 7) is 11.2. The molecule has 2 aromatic heterocycles. The minimum atomic E-state index is -4.28. The SMILES string of the molecule is CCOC(=O)[C@@H](NP(=O)(N[C@H](C(=O)OCC)C(C)C)OC[C@H]1OC(n2cnc3c(SC)nc(N)nc32)C(C)(O)C1O)C(C)C. The second kappa shape index (κ2) is 14.8. The number of imidazole rings is 1. The first kappa shape index (κ1) is 36.1. The number of hydrogen-bond donors (Lipinski definition) is 5. The van der Waals surface area contributed by atoms with E-state index in [1.165, 1.54) is 29.6 Å². The monoisotopic (exact) mass is 661 g/mol. The maximum Gasteiger partial charge on any atom is 0.342 e. The van der Waals surface area contributed by atoms with Crippen LogP contribution in [0.15, 0.2) is 11.4 Å². The van der Waals surface area contributed by atoms with Gasteiger partial charge in [0.05, 0.1) is 26.1 Å². The summed E-state index contributed by atoms with van der Waals surface area (Å²) >= 11 is 1.31. The lowest BCUT2D eigenvalue weighted by Crippen LogP contribution is -2.49. The highest BCUT2D eigenvalue weighted by Gasteiger charge is 2.54. The standard InChI is InChI=1S/C26H44N7O9PS/c1-9-39-22(35)16(13(3)4)31-43(38,32-17(14(5)6)23(36)40-10-2)41-11-15-19(34)26(7,37)24(42-15)33-12-28-18-20(33)29-25(27)30-21(18)44-8/h12-17,19,24,34,37H,9-11H2,1-8H3,(H2,27,29,30)(H2,31,32,38)/t15-,16+,17+,19?,24?,26?/m1/s1. The van der Waals surface area contributed by atoms with Crippen LogP contribution in [0.2, 0.25) is 0 Å². The fourth-order valence-corrected chi connectivity index (χ4v) is 7.31. The third-order valence-corrected chi connectivity index (χ3v) is 9.48. The Labute approximate surface area is 260 Å². The quantitative estimate of drug-likeness (QED) is 0.0791. The number of carbonyl (C=O) groups excluding carboxylic acids is 2. The van der Waals surface area contributed by atoms with Gasteiger partial charge in [0.25, 0.3) is 0 Å². The largest absolute Gasteiger partial charge is 0.465 e. The fourth-order valence-electron chi connectivity index (χ4n) is 4.67. The second-order valence-electron chi connectivity index (χ2n) is 11.2. The zero-order valence-electron chi connectivity index (χ0n) is 26.2. The average Bonchev–Trinajstić information content (AvgIpc) is 3.46. The second-order valence-corrected chi connectivity index (χ2v) is 13.8. The summed E-state index contributed by atoms with van der Waals surface area (Å²) < 4.78 is 38.0. The molecule has 0 aliphatic carbocycles. The predicted molar refractivity (Wildman–Crippen MR) is 162 cm³/mol. The molecule has 1 aliphatic heterocycles. The van der Waals surface area contributed by atoms with Crippen LogP contribution >= 0.6 is 19.4 Å². The molecule has 0 bridgehead atoms. The summed E-state index contributed by atoms with van der Waals surface area (Å²) in [6, 6.07) is -2.16. The van der Waals surface area contributed by atoms with Crippen molar-refractivity contribution < 1.29 is 43.1 Å². The molecule has 6 atom stereocenters.